The zero-order valence-corrected chi connectivity index (χ0v) is 19.5. The topological polar surface area (TPSA) is 95.6 Å². The SMILES string of the molecule is C[C@]1(c2cccc3ccccc23)NC(=O)N(CC(=O)Nc2ccccc2C(=O)c2ccccc2)C1=O. The van der Waals surface area contributed by atoms with Crippen LogP contribution in [0.3, 0.4) is 0 Å². The molecule has 0 spiro atoms. The summed E-state index contributed by atoms with van der Waals surface area (Å²) in [5.41, 5.74) is 0.439. The van der Waals surface area contributed by atoms with Gasteiger partial charge in [-0.1, -0.05) is 84.9 Å². The van der Waals surface area contributed by atoms with Crippen LogP contribution in [0, 0.1) is 0 Å². The van der Waals surface area contributed by atoms with E-state index in [2.05, 4.69) is 10.6 Å². The molecule has 1 aliphatic heterocycles. The minimum Gasteiger partial charge on any atom is -0.324 e. The summed E-state index contributed by atoms with van der Waals surface area (Å²) in [4.78, 5) is 53.1. The summed E-state index contributed by atoms with van der Waals surface area (Å²) in [6.07, 6.45) is 0. The third kappa shape index (κ3) is 4.01. The van der Waals surface area contributed by atoms with Gasteiger partial charge in [-0.3, -0.25) is 19.3 Å². The minimum atomic E-state index is -1.32. The summed E-state index contributed by atoms with van der Waals surface area (Å²) in [6, 6.07) is 27.9. The first kappa shape index (κ1) is 23.0. The summed E-state index contributed by atoms with van der Waals surface area (Å²) in [7, 11) is 0. The number of benzene rings is 4. The lowest BCUT2D eigenvalue weighted by Crippen LogP contribution is -2.42. The molecule has 1 aliphatic rings. The maximum absolute atomic E-state index is 13.4. The number of hydrogen-bond donors (Lipinski definition) is 2. The number of amides is 4. The Hall–Kier alpha value is -4.78. The Morgan fingerprint density at radius 2 is 1.50 bits per heavy atom. The van der Waals surface area contributed by atoms with Gasteiger partial charge >= 0.3 is 6.03 Å². The number of rotatable bonds is 6. The van der Waals surface area contributed by atoms with Gasteiger partial charge in [-0.15, -0.1) is 0 Å². The molecule has 1 heterocycles. The molecule has 0 saturated carbocycles. The van der Waals surface area contributed by atoms with Crippen molar-refractivity contribution in [1.82, 2.24) is 10.2 Å². The number of imide groups is 1. The lowest BCUT2D eigenvalue weighted by atomic mass is 9.88. The third-order valence-electron chi connectivity index (χ3n) is 6.39. The normalized spacial score (nSPS) is 17.2. The second-order valence-corrected chi connectivity index (χ2v) is 8.76. The van der Waals surface area contributed by atoms with Crippen molar-refractivity contribution >= 4 is 40.1 Å². The number of nitrogens with one attached hydrogen (secondary N) is 2. The Balaban J connectivity index is 1.37. The van der Waals surface area contributed by atoms with E-state index in [0.717, 1.165) is 15.7 Å². The maximum Gasteiger partial charge on any atom is 0.325 e. The molecule has 2 N–H and O–H groups in total. The van der Waals surface area contributed by atoms with Gasteiger partial charge in [0.15, 0.2) is 5.78 Å². The molecule has 1 atom stereocenters. The van der Waals surface area contributed by atoms with E-state index in [4.69, 9.17) is 0 Å². The molecule has 0 radical (unpaired) electrons. The Bertz CT molecular complexity index is 1510. The minimum absolute atomic E-state index is 0.245. The van der Waals surface area contributed by atoms with Crippen molar-refractivity contribution < 1.29 is 19.2 Å². The van der Waals surface area contributed by atoms with Crippen LogP contribution >= 0.6 is 0 Å². The number of urea groups is 1. The third-order valence-corrected chi connectivity index (χ3v) is 6.39. The summed E-state index contributed by atoms with van der Waals surface area (Å²) < 4.78 is 0. The number of hydrogen-bond acceptors (Lipinski definition) is 4. The van der Waals surface area contributed by atoms with E-state index in [9.17, 15) is 19.2 Å². The van der Waals surface area contributed by atoms with Crippen LogP contribution in [-0.4, -0.2) is 35.1 Å². The largest absolute Gasteiger partial charge is 0.325 e. The van der Waals surface area contributed by atoms with Gasteiger partial charge in [0, 0.05) is 11.1 Å². The molecule has 5 rings (SSSR count). The number of ketones is 1. The number of carbonyl (C=O) groups excluding carboxylic acids is 4. The predicted octanol–water partition coefficient (Wildman–Crippen LogP) is 4.48. The fraction of sp³-hybridized carbons (Fsp3) is 0.103. The number of para-hydroxylation sites is 1. The Morgan fingerprint density at radius 1 is 0.833 bits per heavy atom. The van der Waals surface area contributed by atoms with Gasteiger partial charge in [-0.25, -0.2) is 4.79 Å². The van der Waals surface area contributed by atoms with Crippen LogP contribution in [0.2, 0.25) is 0 Å². The monoisotopic (exact) mass is 477 g/mol. The standard InChI is InChI=1S/C29H23N3O4/c1-29(23-16-9-13-19-10-5-6-14-21(19)23)27(35)32(28(36)31-29)18-25(33)30-24-17-8-7-15-22(24)26(34)20-11-3-2-4-12-20/h2-17H,18H2,1H3,(H,30,33)(H,31,36)/t29-/m1/s1. The molecule has 36 heavy (non-hydrogen) atoms. The van der Waals surface area contributed by atoms with Crippen LogP contribution in [0.15, 0.2) is 97.1 Å². The molecule has 4 aromatic rings. The van der Waals surface area contributed by atoms with E-state index in [1.165, 1.54) is 0 Å². The Labute approximate surface area is 207 Å². The molecule has 0 bridgehead atoms. The molecule has 0 unspecified atom stereocenters. The first-order valence-electron chi connectivity index (χ1n) is 11.5. The van der Waals surface area contributed by atoms with Crippen LogP contribution in [-0.2, 0) is 15.1 Å². The molecule has 1 saturated heterocycles. The predicted molar refractivity (Wildman–Crippen MR) is 136 cm³/mol. The Kier molecular flexibility index (Phi) is 5.82. The van der Waals surface area contributed by atoms with Crippen molar-refractivity contribution in [2.24, 2.45) is 0 Å². The van der Waals surface area contributed by atoms with Crippen molar-refractivity contribution in [2.75, 3.05) is 11.9 Å². The lowest BCUT2D eigenvalue weighted by molar-refractivity contribution is -0.133. The molecule has 0 aliphatic carbocycles. The molecule has 1 fully saturated rings. The van der Waals surface area contributed by atoms with Gasteiger partial charge in [0.05, 0.1) is 5.69 Å². The van der Waals surface area contributed by atoms with Gasteiger partial charge in [0.2, 0.25) is 5.91 Å². The zero-order chi connectivity index (χ0) is 25.3. The molecule has 4 aromatic carbocycles. The molecule has 0 aromatic heterocycles. The molecular formula is C29H23N3O4. The van der Waals surface area contributed by atoms with E-state index in [1.807, 2.05) is 42.5 Å². The van der Waals surface area contributed by atoms with Crippen LogP contribution in [0.4, 0.5) is 10.5 Å². The van der Waals surface area contributed by atoms with E-state index in [0.29, 0.717) is 22.4 Å². The van der Waals surface area contributed by atoms with Crippen molar-refractivity contribution in [2.45, 2.75) is 12.5 Å². The molecule has 7 nitrogen and oxygen atoms in total. The second-order valence-electron chi connectivity index (χ2n) is 8.76. The average Bonchev–Trinajstić information content (AvgIpc) is 3.12. The van der Waals surface area contributed by atoms with Crippen LogP contribution in [0.1, 0.15) is 28.4 Å². The molecule has 7 heteroatoms. The number of anilines is 1. The van der Waals surface area contributed by atoms with E-state index < -0.39 is 29.9 Å². The van der Waals surface area contributed by atoms with E-state index in [1.54, 1.807) is 61.5 Å². The van der Waals surface area contributed by atoms with Crippen LogP contribution in [0.25, 0.3) is 10.8 Å². The van der Waals surface area contributed by atoms with E-state index in [-0.39, 0.29) is 5.78 Å². The summed E-state index contributed by atoms with van der Waals surface area (Å²) in [5, 5.41) is 7.24. The number of fused-ring (bicyclic) bond motifs is 1. The molecule has 4 amide bonds. The number of carbonyl (C=O) groups is 4. The highest BCUT2D eigenvalue weighted by molar-refractivity contribution is 6.15. The first-order chi connectivity index (χ1) is 17.4. The first-order valence-corrected chi connectivity index (χ1v) is 11.5. The fourth-order valence-corrected chi connectivity index (χ4v) is 4.55. The maximum atomic E-state index is 13.4. The van der Waals surface area contributed by atoms with Crippen molar-refractivity contribution in [3.8, 4) is 0 Å². The highest BCUT2D eigenvalue weighted by atomic mass is 16.2. The summed E-state index contributed by atoms with van der Waals surface area (Å²) in [6.45, 7) is 1.15. The molecular weight excluding hydrogens is 454 g/mol. The number of nitrogens with zero attached hydrogens (tertiary/aromatic N) is 1. The average molecular weight is 478 g/mol. The van der Waals surface area contributed by atoms with Gasteiger partial charge in [-0.05, 0) is 35.4 Å². The van der Waals surface area contributed by atoms with Crippen LogP contribution < -0.4 is 10.6 Å². The lowest BCUT2D eigenvalue weighted by Gasteiger charge is -2.24. The van der Waals surface area contributed by atoms with Crippen molar-refractivity contribution in [3.63, 3.8) is 0 Å². The van der Waals surface area contributed by atoms with Crippen molar-refractivity contribution in [3.05, 3.63) is 114 Å². The van der Waals surface area contributed by atoms with Gasteiger partial charge in [0.1, 0.15) is 12.1 Å². The van der Waals surface area contributed by atoms with E-state index >= 15 is 0 Å². The smallest absolute Gasteiger partial charge is 0.324 e. The van der Waals surface area contributed by atoms with Gasteiger partial charge in [0.25, 0.3) is 5.91 Å². The van der Waals surface area contributed by atoms with Gasteiger partial charge < -0.3 is 10.6 Å². The summed E-state index contributed by atoms with van der Waals surface area (Å²) in [5.74, 6) is -1.35. The highest BCUT2D eigenvalue weighted by Crippen LogP contribution is 2.33. The second kappa shape index (κ2) is 9.11. The van der Waals surface area contributed by atoms with Crippen molar-refractivity contribution in [1.29, 1.82) is 0 Å². The van der Waals surface area contributed by atoms with Crippen LogP contribution in [0.5, 0.6) is 0 Å². The quantitative estimate of drug-likeness (QED) is 0.316. The summed E-state index contributed by atoms with van der Waals surface area (Å²) >= 11 is 0. The fourth-order valence-electron chi connectivity index (χ4n) is 4.55. The molecule has 178 valence electrons. The van der Waals surface area contributed by atoms with Gasteiger partial charge in [-0.2, -0.15) is 0 Å². The highest BCUT2D eigenvalue weighted by Gasteiger charge is 2.50. The Morgan fingerprint density at radius 3 is 2.31 bits per heavy atom. The zero-order valence-electron chi connectivity index (χ0n) is 19.5.